The van der Waals surface area contributed by atoms with Crippen molar-refractivity contribution in [1.82, 2.24) is 15.5 Å². The summed E-state index contributed by atoms with van der Waals surface area (Å²) in [7, 11) is 0. The molecule has 0 saturated carbocycles. The van der Waals surface area contributed by atoms with Gasteiger partial charge in [-0.05, 0) is 37.4 Å². The van der Waals surface area contributed by atoms with Gasteiger partial charge < -0.3 is 5.32 Å². The molecular formula is C13H16FN3. The average Bonchev–Trinajstić information content (AvgIpc) is 2.76. The van der Waals surface area contributed by atoms with Crippen molar-refractivity contribution in [1.29, 1.82) is 0 Å². The highest BCUT2D eigenvalue weighted by atomic mass is 19.1. The van der Waals surface area contributed by atoms with Crippen LogP contribution in [0.1, 0.15) is 31.4 Å². The van der Waals surface area contributed by atoms with E-state index in [-0.39, 0.29) is 11.9 Å². The molecule has 0 spiro atoms. The van der Waals surface area contributed by atoms with E-state index in [2.05, 4.69) is 22.4 Å². The topological polar surface area (TPSA) is 40.7 Å². The Morgan fingerprint density at radius 2 is 2.24 bits per heavy atom. The molecule has 2 aromatic rings. The fourth-order valence-electron chi connectivity index (χ4n) is 2.51. The summed E-state index contributed by atoms with van der Waals surface area (Å²) in [4.78, 5) is 0. The maximum absolute atomic E-state index is 14.0. The molecule has 0 amide bonds. The Bertz CT molecular complexity index is 526. The number of hydrogen-bond donors (Lipinski definition) is 2. The van der Waals surface area contributed by atoms with Gasteiger partial charge in [-0.1, -0.05) is 6.92 Å². The monoisotopic (exact) mass is 233 g/mol. The number of nitrogens with zero attached hydrogens (tertiary/aromatic N) is 1. The van der Waals surface area contributed by atoms with Crippen molar-refractivity contribution in [3.05, 3.63) is 29.7 Å². The smallest absolute Gasteiger partial charge is 0.130 e. The molecule has 0 bridgehead atoms. The fourth-order valence-corrected chi connectivity index (χ4v) is 2.51. The Kier molecular flexibility index (Phi) is 2.59. The van der Waals surface area contributed by atoms with Gasteiger partial charge in [-0.2, -0.15) is 5.10 Å². The third-order valence-electron chi connectivity index (χ3n) is 3.59. The molecule has 3 rings (SSSR count). The molecule has 1 saturated heterocycles. The second kappa shape index (κ2) is 4.11. The molecule has 1 aliphatic heterocycles. The van der Waals surface area contributed by atoms with E-state index in [1.807, 2.05) is 6.07 Å². The summed E-state index contributed by atoms with van der Waals surface area (Å²) < 4.78 is 14.0. The lowest BCUT2D eigenvalue weighted by Gasteiger charge is -2.28. The van der Waals surface area contributed by atoms with Crippen molar-refractivity contribution in [2.24, 2.45) is 5.92 Å². The number of piperidine rings is 1. The van der Waals surface area contributed by atoms with Gasteiger partial charge in [0, 0.05) is 17.0 Å². The van der Waals surface area contributed by atoms with Gasteiger partial charge in [0.25, 0.3) is 0 Å². The summed E-state index contributed by atoms with van der Waals surface area (Å²) in [5.74, 6) is 0.542. The summed E-state index contributed by atoms with van der Waals surface area (Å²) >= 11 is 0. The van der Waals surface area contributed by atoms with Gasteiger partial charge in [0.05, 0.1) is 11.7 Å². The minimum absolute atomic E-state index is 0.144. The van der Waals surface area contributed by atoms with Crippen LogP contribution in [-0.2, 0) is 0 Å². The minimum Gasteiger partial charge on any atom is -0.310 e. The molecule has 0 radical (unpaired) electrons. The van der Waals surface area contributed by atoms with E-state index in [1.54, 1.807) is 6.20 Å². The zero-order chi connectivity index (χ0) is 11.8. The maximum atomic E-state index is 14.0. The van der Waals surface area contributed by atoms with Crippen LogP contribution in [0.5, 0.6) is 0 Å². The average molecular weight is 233 g/mol. The standard InChI is InChI=1S/C13H16FN3/c1-8-2-3-12(15-6-8)10-4-9-7-16-17-13(9)5-11(10)14/h4-5,7-8,12,15H,2-3,6H2,1H3,(H,16,17)/t8-,12+/m1/s1. The summed E-state index contributed by atoms with van der Waals surface area (Å²) in [6.07, 6.45) is 3.89. The Morgan fingerprint density at radius 1 is 1.35 bits per heavy atom. The van der Waals surface area contributed by atoms with Crippen molar-refractivity contribution in [2.75, 3.05) is 6.54 Å². The van der Waals surface area contributed by atoms with E-state index in [1.165, 1.54) is 6.07 Å². The molecule has 1 aromatic heterocycles. The van der Waals surface area contributed by atoms with Crippen molar-refractivity contribution < 1.29 is 4.39 Å². The molecule has 4 heteroatoms. The Hall–Kier alpha value is -1.42. The largest absolute Gasteiger partial charge is 0.310 e. The number of hydrogen-bond acceptors (Lipinski definition) is 2. The molecule has 1 fully saturated rings. The van der Waals surface area contributed by atoms with Gasteiger partial charge in [0.2, 0.25) is 0 Å². The Morgan fingerprint density at radius 3 is 3.00 bits per heavy atom. The zero-order valence-corrected chi connectivity index (χ0v) is 9.83. The van der Waals surface area contributed by atoms with E-state index in [0.29, 0.717) is 5.92 Å². The lowest BCUT2D eigenvalue weighted by atomic mass is 9.91. The first-order valence-corrected chi connectivity index (χ1v) is 6.10. The number of H-pyrrole nitrogens is 1. The molecule has 2 N–H and O–H groups in total. The molecule has 90 valence electrons. The molecule has 3 nitrogen and oxygen atoms in total. The Balaban J connectivity index is 1.96. The predicted octanol–water partition coefficient (Wildman–Crippen LogP) is 2.76. The number of aromatic nitrogens is 2. The quantitative estimate of drug-likeness (QED) is 0.795. The second-order valence-corrected chi connectivity index (χ2v) is 4.97. The van der Waals surface area contributed by atoms with Gasteiger partial charge in [0.15, 0.2) is 0 Å². The molecule has 17 heavy (non-hydrogen) atoms. The van der Waals surface area contributed by atoms with Crippen molar-refractivity contribution in [3.8, 4) is 0 Å². The number of halogens is 1. The van der Waals surface area contributed by atoms with Crippen LogP contribution in [-0.4, -0.2) is 16.7 Å². The maximum Gasteiger partial charge on any atom is 0.130 e. The van der Waals surface area contributed by atoms with Crippen molar-refractivity contribution in [3.63, 3.8) is 0 Å². The number of aromatic amines is 1. The molecule has 2 heterocycles. The molecule has 0 unspecified atom stereocenters. The lowest BCUT2D eigenvalue weighted by Crippen LogP contribution is -2.32. The molecule has 2 atom stereocenters. The first-order valence-electron chi connectivity index (χ1n) is 6.10. The van der Waals surface area contributed by atoms with Crippen molar-refractivity contribution in [2.45, 2.75) is 25.8 Å². The first kappa shape index (κ1) is 10.7. The molecular weight excluding hydrogens is 217 g/mol. The summed E-state index contributed by atoms with van der Waals surface area (Å²) in [6.45, 7) is 3.19. The number of fused-ring (bicyclic) bond motifs is 1. The van der Waals surface area contributed by atoms with Crippen LogP contribution in [0.3, 0.4) is 0 Å². The van der Waals surface area contributed by atoms with E-state index in [4.69, 9.17) is 0 Å². The van der Waals surface area contributed by atoms with Gasteiger partial charge in [-0.3, -0.25) is 5.10 Å². The third kappa shape index (κ3) is 1.93. The normalized spacial score (nSPS) is 25.3. The van der Waals surface area contributed by atoms with E-state index in [9.17, 15) is 4.39 Å². The zero-order valence-electron chi connectivity index (χ0n) is 9.83. The Labute approximate surface area is 99.4 Å². The molecule has 1 aromatic carbocycles. The van der Waals surface area contributed by atoms with Crippen molar-refractivity contribution >= 4 is 10.9 Å². The van der Waals surface area contributed by atoms with E-state index >= 15 is 0 Å². The molecule has 1 aliphatic rings. The number of benzene rings is 1. The van der Waals surface area contributed by atoms with Crippen LogP contribution in [0.25, 0.3) is 10.9 Å². The molecule has 0 aliphatic carbocycles. The van der Waals surface area contributed by atoms with Gasteiger partial charge in [-0.25, -0.2) is 4.39 Å². The fraction of sp³-hybridized carbons (Fsp3) is 0.462. The second-order valence-electron chi connectivity index (χ2n) is 4.97. The highest BCUT2D eigenvalue weighted by molar-refractivity contribution is 5.78. The van der Waals surface area contributed by atoms with Crippen LogP contribution in [0.4, 0.5) is 4.39 Å². The highest BCUT2D eigenvalue weighted by Gasteiger charge is 2.22. The summed E-state index contributed by atoms with van der Waals surface area (Å²) in [5.41, 5.74) is 1.53. The van der Waals surface area contributed by atoms with Gasteiger partial charge in [0.1, 0.15) is 5.82 Å². The van der Waals surface area contributed by atoms with Crippen LogP contribution in [0.2, 0.25) is 0 Å². The predicted molar refractivity (Wildman–Crippen MR) is 65.2 cm³/mol. The first-order chi connectivity index (χ1) is 8.24. The van der Waals surface area contributed by atoms with Gasteiger partial charge >= 0.3 is 0 Å². The lowest BCUT2D eigenvalue weighted by molar-refractivity contribution is 0.327. The van der Waals surface area contributed by atoms with E-state index < -0.39 is 0 Å². The number of nitrogens with one attached hydrogen (secondary N) is 2. The summed E-state index contributed by atoms with van der Waals surface area (Å²) in [6, 6.07) is 3.59. The SMILES string of the molecule is C[C@@H]1CC[C@@H](c2cc3cn[nH]c3cc2F)NC1. The van der Waals surface area contributed by atoms with Gasteiger partial charge in [-0.15, -0.1) is 0 Å². The van der Waals surface area contributed by atoms with Crippen LogP contribution >= 0.6 is 0 Å². The minimum atomic E-state index is -0.145. The van der Waals surface area contributed by atoms with E-state index in [0.717, 1.165) is 35.9 Å². The van der Waals surface area contributed by atoms with Crippen LogP contribution in [0, 0.1) is 11.7 Å². The summed E-state index contributed by atoms with van der Waals surface area (Å²) in [5, 5.41) is 11.1. The van der Waals surface area contributed by atoms with Crippen LogP contribution in [0.15, 0.2) is 18.3 Å². The van der Waals surface area contributed by atoms with Crippen LogP contribution < -0.4 is 5.32 Å². The highest BCUT2D eigenvalue weighted by Crippen LogP contribution is 2.29. The number of rotatable bonds is 1. The third-order valence-corrected chi connectivity index (χ3v) is 3.59.